The van der Waals surface area contributed by atoms with Crippen LogP contribution in [0.1, 0.15) is 20.3 Å². The van der Waals surface area contributed by atoms with E-state index in [1.54, 1.807) is 13.8 Å². The van der Waals surface area contributed by atoms with Crippen molar-refractivity contribution in [2.45, 2.75) is 30.7 Å². The molecule has 2 fully saturated rings. The van der Waals surface area contributed by atoms with Crippen molar-refractivity contribution < 1.29 is 56.4 Å². The lowest BCUT2D eigenvalue weighted by Gasteiger charge is -2.32. The number of hydrogen-bond acceptors (Lipinski definition) is 12. The Morgan fingerprint density at radius 3 is 2.16 bits per heavy atom. The molecule has 0 bridgehead atoms. The van der Waals surface area contributed by atoms with E-state index in [1.165, 1.54) is 6.07 Å². The monoisotopic (exact) mass is 547 g/mol. The summed E-state index contributed by atoms with van der Waals surface area (Å²) in [6.45, 7) is 1.88. The van der Waals surface area contributed by atoms with Crippen molar-refractivity contribution in [1.29, 1.82) is 0 Å². The van der Waals surface area contributed by atoms with Crippen LogP contribution in [0.2, 0.25) is 0 Å². The minimum Gasteiger partial charge on any atom is -0.435 e. The van der Waals surface area contributed by atoms with Crippen molar-refractivity contribution in [2.24, 2.45) is 29.4 Å². The molecule has 0 amide bonds. The molecule has 3 rings (SSSR count). The zero-order valence-electron chi connectivity index (χ0n) is 20.1. The van der Waals surface area contributed by atoms with E-state index in [0.29, 0.717) is 11.3 Å². The zero-order chi connectivity index (χ0) is 27.2. The van der Waals surface area contributed by atoms with Crippen LogP contribution in [0.4, 0.5) is 18.4 Å². The Labute approximate surface area is 215 Å². The topological polar surface area (TPSA) is 150 Å². The highest BCUT2D eigenvalue weighted by molar-refractivity contribution is 7.99. The van der Waals surface area contributed by atoms with E-state index in [4.69, 9.17) is 15.2 Å². The van der Waals surface area contributed by atoms with Crippen LogP contribution in [0.3, 0.4) is 0 Å². The maximum Gasteiger partial charge on any atom is 0.511 e. The lowest BCUT2D eigenvalue weighted by Crippen LogP contribution is -2.57. The lowest BCUT2D eigenvalue weighted by molar-refractivity contribution is -0.163. The molecule has 1 unspecified atom stereocenters. The predicted molar refractivity (Wildman–Crippen MR) is 121 cm³/mol. The molecule has 5 atom stereocenters. The number of ether oxygens (including phenoxy) is 6. The molecule has 0 radical (unpaired) electrons. The van der Waals surface area contributed by atoms with Gasteiger partial charge in [-0.1, -0.05) is 0 Å². The standard InChI is InChI=1S/C23H27F2NO10S/c1-3-31-21(29)35-10-33-19(27)17-14-7-12(9-37-13-5-6-15(24)16(25)8-13)23(26,18(14)17)20(28)34-11-36-22(30)32-4-2/h5-6,8,12,14,17-18H,3-4,7,9-11,26H2,1-2H3/t12-,14-,17-,18?,23-/m0/s1. The van der Waals surface area contributed by atoms with Crippen LogP contribution < -0.4 is 5.73 Å². The summed E-state index contributed by atoms with van der Waals surface area (Å²) in [5, 5.41) is 0. The molecule has 2 N–H and O–H groups in total. The second-order valence-electron chi connectivity index (χ2n) is 8.25. The summed E-state index contributed by atoms with van der Waals surface area (Å²) < 4.78 is 55.4. The molecule has 2 aliphatic rings. The summed E-state index contributed by atoms with van der Waals surface area (Å²) in [4.78, 5) is 48.7. The third-order valence-electron chi connectivity index (χ3n) is 6.19. The molecule has 0 aliphatic heterocycles. The van der Waals surface area contributed by atoms with Gasteiger partial charge in [0.05, 0.1) is 19.1 Å². The van der Waals surface area contributed by atoms with Crippen molar-refractivity contribution in [3.05, 3.63) is 29.8 Å². The number of rotatable bonds is 11. The third-order valence-corrected chi connectivity index (χ3v) is 7.35. The minimum atomic E-state index is -1.67. The molecular weight excluding hydrogens is 520 g/mol. The van der Waals surface area contributed by atoms with Crippen LogP contribution in [-0.4, -0.2) is 62.3 Å². The fourth-order valence-electron chi connectivity index (χ4n) is 4.51. The van der Waals surface area contributed by atoms with E-state index in [1.807, 2.05) is 0 Å². The maximum absolute atomic E-state index is 13.6. The second-order valence-corrected chi connectivity index (χ2v) is 9.35. The van der Waals surface area contributed by atoms with Crippen LogP contribution in [0.25, 0.3) is 0 Å². The van der Waals surface area contributed by atoms with Gasteiger partial charge < -0.3 is 34.2 Å². The number of carbonyl (C=O) groups excluding carboxylic acids is 4. The molecule has 1 aromatic carbocycles. The van der Waals surface area contributed by atoms with Crippen LogP contribution in [0.5, 0.6) is 0 Å². The summed E-state index contributed by atoms with van der Waals surface area (Å²) in [7, 11) is 0. The van der Waals surface area contributed by atoms with Crippen LogP contribution in [-0.2, 0) is 38.0 Å². The van der Waals surface area contributed by atoms with Gasteiger partial charge in [0, 0.05) is 16.6 Å². The average Bonchev–Trinajstić information content (AvgIpc) is 3.50. The second kappa shape index (κ2) is 12.4. The van der Waals surface area contributed by atoms with Crippen LogP contribution >= 0.6 is 11.8 Å². The van der Waals surface area contributed by atoms with Crippen molar-refractivity contribution >= 4 is 36.0 Å². The lowest BCUT2D eigenvalue weighted by atomic mass is 9.82. The smallest absolute Gasteiger partial charge is 0.435 e. The van der Waals surface area contributed by atoms with E-state index < -0.39 is 72.8 Å². The summed E-state index contributed by atoms with van der Waals surface area (Å²) in [6, 6.07) is 3.42. The first kappa shape index (κ1) is 28.4. The largest absolute Gasteiger partial charge is 0.511 e. The van der Waals surface area contributed by atoms with E-state index in [0.717, 1.165) is 23.9 Å². The van der Waals surface area contributed by atoms with Crippen LogP contribution in [0.15, 0.2) is 23.1 Å². The first-order chi connectivity index (χ1) is 17.6. The quantitative estimate of drug-likeness (QED) is 0.188. The fourth-order valence-corrected chi connectivity index (χ4v) is 5.67. The first-order valence-corrected chi connectivity index (χ1v) is 12.4. The number of fused-ring (bicyclic) bond motifs is 1. The van der Waals surface area contributed by atoms with Crippen molar-refractivity contribution in [1.82, 2.24) is 0 Å². The number of halogens is 2. The Balaban J connectivity index is 1.66. The van der Waals surface area contributed by atoms with Crippen molar-refractivity contribution in [3.8, 4) is 0 Å². The van der Waals surface area contributed by atoms with Gasteiger partial charge in [-0.15, -0.1) is 11.8 Å². The molecule has 14 heteroatoms. The average molecular weight is 548 g/mol. The van der Waals surface area contributed by atoms with E-state index in [-0.39, 0.29) is 24.9 Å². The van der Waals surface area contributed by atoms with Gasteiger partial charge in [0.15, 0.2) is 11.6 Å². The van der Waals surface area contributed by atoms with Crippen molar-refractivity contribution in [2.75, 3.05) is 32.6 Å². The van der Waals surface area contributed by atoms with Crippen molar-refractivity contribution in [3.63, 3.8) is 0 Å². The fraction of sp³-hybridized carbons (Fsp3) is 0.565. The summed E-state index contributed by atoms with van der Waals surface area (Å²) in [6.07, 6.45) is -1.70. The molecule has 37 heavy (non-hydrogen) atoms. The van der Waals surface area contributed by atoms with Gasteiger partial charge >= 0.3 is 24.2 Å². The zero-order valence-corrected chi connectivity index (χ0v) is 20.9. The van der Waals surface area contributed by atoms with Crippen LogP contribution in [0, 0.1) is 35.3 Å². The summed E-state index contributed by atoms with van der Waals surface area (Å²) in [5.41, 5.74) is 4.90. The molecule has 11 nitrogen and oxygen atoms in total. The Morgan fingerprint density at radius 1 is 0.946 bits per heavy atom. The molecule has 204 valence electrons. The number of benzene rings is 1. The number of nitrogens with two attached hydrogens (primary N) is 1. The Bertz CT molecular complexity index is 1030. The highest BCUT2D eigenvalue weighted by atomic mass is 32.2. The van der Waals surface area contributed by atoms with Gasteiger partial charge in [0.25, 0.3) is 0 Å². The Hall–Kier alpha value is -3.13. The highest BCUT2D eigenvalue weighted by Crippen LogP contribution is 2.64. The van der Waals surface area contributed by atoms with Gasteiger partial charge in [-0.2, -0.15) is 0 Å². The van der Waals surface area contributed by atoms with E-state index >= 15 is 0 Å². The molecule has 0 heterocycles. The molecule has 0 saturated heterocycles. The third kappa shape index (κ3) is 6.60. The SMILES string of the molecule is CCOC(=O)OCOC(=O)[C@@H]1C2[C@H]1C[C@@H](CSc1ccc(F)c(F)c1)[C@@]2(N)C(=O)OCOC(=O)OCC. The Morgan fingerprint density at radius 2 is 1.57 bits per heavy atom. The maximum atomic E-state index is 13.6. The number of thioether (sulfide) groups is 1. The number of esters is 2. The normalized spacial score (nSPS) is 25.4. The molecule has 2 aliphatic carbocycles. The molecule has 0 spiro atoms. The predicted octanol–water partition coefficient (Wildman–Crippen LogP) is 2.98. The van der Waals surface area contributed by atoms with Gasteiger partial charge in [-0.05, 0) is 50.3 Å². The highest BCUT2D eigenvalue weighted by Gasteiger charge is 2.74. The van der Waals surface area contributed by atoms with Gasteiger partial charge in [-0.25, -0.2) is 23.2 Å². The summed E-state index contributed by atoms with van der Waals surface area (Å²) in [5.74, 6) is -5.64. The minimum absolute atomic E-state index is 0.0598. The van der Waals surface area contributed by atoms with Gasteiger partial charge in [-0.3, -0.25) is 4.79 Å². The van der Waals surface area contributed by atoms with E-state index in [2.05, 4.69) is 18.9 Å². The van der Waals surface area contributed by atoms with Gasteiger partial charge in [0.2, 0.25) is 13.6 Å². The number of carbonyl (C=O) groups is 4. The number of hydrogen-bond donors (Lipinski definition) is 1. The summed E-state index contributed by atoms with van der Waals surface area (Å²) >= 11 is 1.16. The molecule has 0 aromatic heterocycles. The Kier molecular flexibility index (Phi) is 9.54. The molecule has 2 saturated carbocycles. The first-order valence-electron chi connectivity index (χ1n) is 11.4. The molecular formula is C23H27F2NO10S. The van der Waals surface area contributed by atoms with E-state index in [9.17, 15) is 28.0 Å². The molecule has 1 aromatic rings. The van der Waals surface area contributed by atoms with Gasteiger partial charge in [0.1, 0.15) is 5.54 Å².